The van der Waals surface area contributed by atoms with Crippen LogP contribution < -0.4 is 35.2 Å². The summed E-state index contributed by atoms with van der Waals surface area (Å²) in [5.41, 5.74) is 4.73. The number of anilines is 3. The van der Waals surface area contributed by atoms with E-state index in [2.05, 4.69) is 58.4 Å². The molecule has 1 fully saturated rings. The number of likely N-dealkylation sites (N-methyl/N-ethyl adjacent to an activating group) is 1. The summed E-state index contributed by atoms with van der Waals surface area (Å²) in [6.07, 6.45) is 6.76. The van der Waals surface area contributed by atoms with Gasteiger partial charge >= 0.3 is 0 Å². The van der Waals surface area contributed by atoms with Crippen LogP contribution in [0.15, 0.2) is 47.3 Å². The van der Waals surface area contributed by atoms with Crippen molar-refractivity contribution in [1.82, 2.24) is 14.8 Å². The number of carbonyl (C=O) groups excluding carboxylic acids is 2. The number of aryl methyl sites for hydroxylation is 2. The van der Waals surface area contributed by atoms with Crippen molar-refractivity contribution in [1.29, 1.82) is 5.26 Å². The summed E-state index contributed by atoms with van der Waals surface area (Å²) in [5, 5.41) is 15.2. The second-order valence-electron chi connectivity index (χ2n) is 10.5. The van der Waals surface area contributed by atoms with Crippen molar-refractivity contribution in [2.75, 3.05) is 61.4 Å². The molecule has 1 saturated heterocycles. The van der Waals surface area contributed by atoms with E-state index in [1.807, 2.05) is 30.3 Å². The monoisotopic (exact) mass is 611 g/mol. The Labute approximate surface area is 261 Å². The van der Waals surface area contributed by atoms with Gasteiger partial charge in [-0.3, -0.25) is 23.9 Å². The molecule has 0 unspecified atom stereocenters. The Kier molecular flexibility index (Phi) is 10.6. The second-order valence-corrected chi connectivity index (χ2v) is 11.5. The fourth-order valence-corrected chi connectivity index (χ4v) is 6.32. The van der Waals surface area contributed by atoms with E-state index in [-0.39, 0.29) is 34.8 Å². The molecule has 4 rings (SSSR count). The van der Waals surface area contributed by atoms with Crippen LogP contribution in [0.1, 0.15) is 18.1 Å². The molecule has 2 aromatic carbocycles. The third-order valence-electron chi connectivity index (χ3n) is 7.59. The van der Waals surface area contributed by atoms with Gasteiger partial charge < -0.3 is 20.4 Å². The van der Waals surface area contributed by atoms with Crippen LogP contribution in [0.2, 0.25) is 0 Å². The van der Waals surface area contributed by atoms with Crippen molar-refractivity contribution < 1.29 is 9.59 Å². The minimum atomic E-state index is -0.628. The summed E-state index contributed by atoms with van der Waals surface area (Å²) >= 11 is 1.05. The number of hydrogen-bond donors (Lipinski definition) is 2. The average Bonchev–Trinajstić information content (AvgIpc) is 3.34. The van der Waals surface area contributed by atoms with Crippen molar-refractivity contribution in [3.8, 4) is 18.4 Å². The molecule has 1 aliphatic rings. The van der Waals surface area contributed by atoms with Gasteiger partial charge in [0.05, 0.1) is 13.1 Å². The van der Waals surface area contributed by atoms with E-state index in [1.165, 1.54) is 21.4 Å². The SMILES string of the molecule is C#CCNC(=O)C(C#N)=c1sc(=CNc2cccc(N(C)C(=O)CN3CCN(c4c(C)cccc4C)CC3)c2)c(=O)n1CC. The third kappa shape index (κ3) is 7.20. The van der Waals surface area contributed by atoms with Crippen molar-refractivity contribution in [3.05, 3.63) is 73.1 Å². The highest BCUT2D eigenvalue weighted by atomic mass is 32.1. The standard InChI is InChI=1S/C33H37N7O3S/c1-6-14-35-31(42)27(20-34)33-40(7-2)32(43)28(44-33)21-36-25-12-9-13-26(19-25)37(5)29(41)22-38-15-17-39(18-16-38)30-23(3)10-8-11-24(30)4/h1,8-13,19,21,36H,7,14-18,22H2,2-5H3,(H,35,42). The molecule has 3 aromatic rings. The lowest BCUT2D eigenvalue weighted by atomic mass is 10.1. The summed E-state index contributed by atoms with van der Waals surface area (Å²) in [4.78, 5) is 44.9. The number of carbonyl (C=O) groups is 2. The first kappa shape index (κ1) is 32.1. The second kappa shape index (κ2) is 14.6. The minimum Gasteiger partial charge on any atom is -0.369 e. The molecule has 228 valence electrons. The van der Waals surface area contributed by atoms with Crippen LogP contribution >= 0.6 is 11.3 Å². The van der Waals surface area contributed by atoms with Gasteiger partial charge in [0.25, 0.3) is 11.5 Å². The van der Waals surface area contributed by atoms with Gasteiger partial charge in [-0.1, -0.05) is 30.2 Å². The van der Waals surface area contributed by atoms with Crippen molar-refractivity contribution in [3.63, 3.8) is 0 Å². The first-order valence-electron chi connectivity index (χ1n) is 14.4. The molecule has 44 heavy (non-hydrogen) atoms. The van der Waals surface area contributed by atoms with E-state index >= 15 is 0 Å². The Morgan fingerprint density at radius 2 is 1.80 bits per heavy atom. The predicted molar refractivity (Wildman–Crippen MR) is 177 cm³/mol. The number of benzene rings is 2. The number of rotatable bonds is 9. The van der Waals surface area contributed by atoms with Gasteiger partial charge in [-0.2, -0.15) is 5.26 Å². The summed E-state index contributed by atoms with van der Waals surface area (Å²) in [5.74, 6) is 1.66. The number of terminal acetylenes is 1. The van der Waals surface area contributed by atoms with Gasteiger partial charge in [0, 0.05) is 63.0 Å². The van der Waals surface area contributed by atoms with E-state index in [1.54, 1.807) is 25.1 Å². The lowest BCUT2D eigenvalue weighted by Crippen LogP contribution is -2.50. The number of hydrogen-bond acceptors (Lipinski definition) is 8. The number of nitrogens with one attached hydrogen (secondary N) is 2. The molecule has 2 N–H and O–H groups in total. The average molecular weight is 612 g/mol. The van der Waals surface area contributed by atoms with E-state index in [4.69, 9.17) is 6.42 Å². The molecule has 1 aromatic heterocycles. The lowest BCUT2D eigenvalue weighted by Gasteiger charge is -2.37. The number of nitrogens with zero attached hydrogens (tertiary/aromatic N) is 5. The molecular formula is C33H37N7O3S. The summed E-state index contributed by atoms with van der Waals surface area (Å²) < 4.78 is 1.97. The smallest absolute Gasteiger partial charge is 0.270 e. The quantitative estimate of drug-likeness (QED) is 0.354. The zero-order valence-electron chi connectivity index (χ0n) is 25.5. The highest BCUT2D eigenvalue weighted by Crippen LogP contribution is 2.26. The van der Waals surface area contributed by atoms with Crippen LogP contribution in [-0.4, -0.2) is 67.6 Å². The molecule has 10 nitrogen and oxygen atoms in total. The van der Waals surface area contributed by atoms with E-state index in [0.29, 0.717) is 22.5 Å². The highest BCUT2D eigenvalue weighted by molar-refractivity contribution is 7.07. The molecule has 2 amide bonds. The minimum absolute atomic E-state index is 0.0111. The molecule has 0 aliphatic carbocycles. The number of piperazine rings is 1. The van der Waals surface area contributed by atoms with Crippen molar-refractivity contribution >= 4 is 52.0 Å². The Bertz CT molecular complexity index is 1780. The van der Waals surface area contributed by atoms with Crippen LogP contribution in [-0.2, 0) is 16.1 Å². The maximum atomic E-state index is 13.2. The number of thiazole rings is 1. The summed E-state index contributed by atoms with van der Waals surface area (Å²) in [6.45, 7) is 9.97. The molecule has 0 atom stereocenters. The Hall–Kier alpha value is -4.84. The van der Waals surface area contributed by atoms with Crippen LogP contribution in [0.4, 0.5) is 17.1 Å². The molecule has 1 aliphatic heterocycles. The van der Waals surface area contributed by atoms with E-state index in [9.17, 15) is 19.6 Å². The molecule has 0 bridgehead atoms. The fourth-order valence-electron chi connectivity index (χ4n) is 5.24. The van der Waals surface area contributed by atoms with Gasteiger partial charge in [0.15, 0.2) is 5.57 Å². The van der Waals surface area contributed by atoms with E-state index in [0.717, 1.165) is 37.5 Å². The van der Waals surface area contributed by atoms with Gasteiger partial charge in [-0.15, -0.1) is 17.8 Å². The Balaban J connectivity index is 1.45. The highest BCUT2D eigenvalue weighted by Gasteiger charge is 2.23. The topological polar surface area (TPSA) is 114 Å². The third-order valence-corrected chi connectivity index (χ3v) is 8.72. The van der Waals surface area contributed by atoms with Gasteiger partial charge in [0.2, 0.25) is 5.91 Å². The van der Waals surface area contributed by atoms with Crippen LogP contribution in [0.5, 0.6) is 0 Å². The van der Waals surface area contributed by atoms with Crippen LogP contribution in [0, 0.1) is 37.5 Å². The Morgan fingerprint density at radius 1 is 1.11 bits per heavy atom. The van der Waals surface area contributed by atoms with Crippen LogP contribution in [0.3, 0.4) is 0 Å². The molecule has 11 heteroatoms. The molecule has 0 spiro atoms. The largest absolute Gasteiger partial charge is 0.369 e. The van der Waals surface area contributed by atoms with Gasteiger partial charge in [0.1, 0.15) is 15.3 Å². The zero-order chi connectivity index (χ0) is 31.8. The predicted octanol–water partition coefficient (Wildman–Crippen LogP) is 1.61. The van der Waals surface area contributed by atoms with Crippen molar-refractivity contribution in [2.24, 2.45) is 0 Å². The Morgan fingerprint density at radius 3 is 2.43 bits per heavy atom. The zero-order valence-corrected chi connectivity index (χ0v) is 26.3. The number of para-hydroxylation sites is 1. The molecule has 0 radical (unpaired) electrons. The first-order chi connectivity index (χ1) is 21.2. The molecule has 0 saturated carbocycles. The van der Waals surface area contributed by atoms with Crippen LogP contribution in [0.25, 0.3) is 11.8 Å². The normalized spacial score (nSPS) is 14.4. The summed E-state index contributed by atoms with van der Waals surface area (Å²) in [7, 11) is 1.76. The number of nitriles is 1. The fraction of sp³-hybridized carbons (Fsp3) is 0.333. The van der Waals surface area contributed by atoms with Gasteiger partial charge in [-0.05, 0) is 50.1 Å². The first-order valence-corrected chi connectivity index (χ1v) is 15.2. The molecular weight excluding hydrogens is 574 g/mol. The number of aromatic nitrogens is 1. The lowest BCUT2D eigenvalue weighted by molar-refractivity contribution is -0.119. The molecule has 2 heterocycles. The van der Waals surface area contributed by atoms with E-state index < -0.39 is 5.91 Å². The maximum Gasteiger partial charge on any atom is 0.270 e. The maximum absolute atomic E-state index is 13.2. The summed E-state index contributed by atoms with van der Waals surface area (Å²) in [6, 6.07) is 15.6. The van der Waals surface area contributed by atoms with Crippen molar-refractivity contribution in [2.45, 2.75) is 27.3 Å². The number of amides is 2. The van der Waals surface area contributed by atoms with Gasteiger partial charge in [-0.25, -0.2) is 0 Å².